The summed E-state index contributed by atoms with van der Waals surface area (Å²) in [7, 11) is -3.34. The Morgan fingerprint density at radius 1 is 1.42 bits per heavy atom. The first kappa shape index (κ1) is 11.6. The van der Waals surface area contributed by atoms with Crippen LogP contribution >= 0.6 is 0 Å². The highest BCUT2D eigenvalue weighted by atomic mass is 32.2. The highest BCUT2D eigenvalue weighted by Crippen LogP contribution is 2.02. The van der Waals surface area contributed by atoms with Gasteiger partial charge in [0, 0.05) is 0 Å². The van der Waals surface area contributed by atoms with Gasteiger partial charge in [-0.1, -0.05) is 25.5 Å². The second kappa shape index (κ2) is 5.32. The van der Waals surface area contributed by atoms with Crippen molar-refractivity contribution in [3.05, 3.63) is 12.2 Å². The van der Waals surface area contributed by atoms with Gasteiger partial charge < -0.3 is 0 Å². The Labute approximate surface area is 74.7 Å². The fourth-order valence-electron chi connectivity index (χ4n) is 0.707. The highest BCUT2D eigenvalue weighted by Gasteiger charge is 2.12. The molecule has 0 aliphatic carbocycles. The zero-order valence-electron chi connectivity index (χ0n) is 7.66. The summed E-state index contributed by atoms with van der Waals surface area (Å²) in [6.45, 7) is 3.69. The molecule has 1 unspecified atom stereocenters. The number of primary sulfonamides is 1. The van der Waals surface area contributed by atoms with Gasteiger partial charge in [0.05, 0.1) is 5.25 Å². The number of allylic oxidation sites excluding steroid dienone is 2. The van der Waals surface area contributed by atoms with Crippen LogP contribution < -0.4 is 5.14 Å². The van der Waals surface area contributed by atoms with E-state index in [0.29, 0.717) is 6.42 Å². The van der Waals surface area contributed by atoms with Crippen LogP contribution in [0.2, 0.25) is 0 Å². The van der Waals surface area contributed by atoms with Gasteiger partial charge in [-0.05, 0) is 19.8 Å². The lowest BCUT2D eigenvalue weighted by Gasteiger charge is -2.03. The van der Waals surface area contributed by atoms with Gasteiger partial charge in [-0.2, -0.15) is 0 Å². The van der Waals surface area contributed by atoms with Gasteiger partial charge in [-0.15, -0.1) is 0 Å². The number of hydrogen-bond acceptors (Lipinski definition) is 2. The Hall–Kier alpha value is -0.350. The molecule has 2 N–H and O–H groups in total. The van der Waals surface area contributed by atoms with Crippen LogP contribution in [0.5, 0.6) is 0 Å². The Balaban J connectivity index is 3.80. The minimum Gasteiger partial charge on any atom is -0.228 e. The highest BCUT2D eigenvalue weighted by molar-refractivity contribution is 7.89. The standard InChI is InChI=1S/C8H17NO2S/c1-3-4-5-6-7-8(2)12(9,10)11/h5-6,8H,3-4,7H2,1-2H3,(H2,9,10,11). The van der Waals surface area contributed by atoms with Crippen molar-refractivity contribution in [1.29, 1.82) is 0 Å². The van der Waals surface area contributed by atoms with Crippen LogP contribution in [0.25, 0.3) is 0 Å². The van der Waals surface area contributed by atoms with Gasteiger partial charge >= 0.3 is 0 Å². The maximum atomic E-state index is 10.7. The second-order valence-corrected chi connectivity index (χ2v) is 4.88. The molecule has 0 amide bonds. The van der Waals surface area contributed by atoms with E-state index in [1.165, 1.54) is 0 Å². The average Bonchev–Trinajstić information content (AvgIpc) is 1.96. The maximum absolute atomic E-state index is 10.7. The molecule has 0 aromatic heterocycles. The molecule has 72 valence electrons. The van der Waals surface area contributed by atoms with E-state index in [1.54, 1.807) is 6.92 Å². The number of nitrogens with two attached hydrogens (primary N) is 1. The van der Waals surface area contributed by atoms with Crippen molar-refractivity contribution in [2.45, 2.75) is 38.4 Å². The molecule has 0 saturated heterocycles. The molecule has 0 aromatic rings. The Morgan fingerprint density at radius 2 is 2.00 bits per heavy atom. The van der Waals surface area contributed by atoms with Crippen LogP contribution in [-0.4, -0.2) is 13.7 Å². The van der Waals surface area contributed by atoms with Crippen molar-refractivity contribution in [2.75, 3.05) is 0 Å². The molecule has 0 spiro atoms. The number of rotatable bonds is 5. The zero-order valence-corrected chi connectivity index (χ0v) is 8.47. The van der Waals surface area contributed by atoms with Crippen LogP contribution in [0.3, 0.4) is 0 Å². The molecule has 4 heteroatoms. The summed E-state index contributed by atoms with van der Waals surface area (Å²) in [5.41, 5.74) is 0. The molecule has 0 aliphatic rings. The summed E-state index contributed by atoms with van der Waals surface area (Å²) >= 11 is 0. The van der Waals surface area contributed by atoms with Crippen molar-refractivity contribution in [3.63, 3.8) is 0 Å². The number of hydrogen-bond donors (Lipinski definition) is 1. The maximum Gasteiger partial charge on any atom is 0.211 e. The average molecular weight is 191 g/mol. The van der Waals surface area contributed by atoms with Gasteiger partial charge in [0.2, 0.25) is 10.0 Å². The van der Waals surface area contributed by atoms with Gasteiger partial charge in [-0.25, -0.2) is 13.6 Å². The molecule has 0 saturated carbocycles. The van der Waals surface area contributed by atoms with E-state index in [-0.39, 0.29) is 0 Å². The summed E-state index contributed by atoms with van der Waals surface area (Å²) in [6.07, 6.45) is 6.46. The van der Waals surface area contributed by atoms with Crippen LogP contribution in [0.15, 0.2) is 12.2 Å². The van der Waals surface area contributed by atoms with Gasteiger partial charge in [-0.3, -0.25) is 0 Å². The molecular weight excluding hydrogens is 174 g/mol. The lowest BCUT2D eigenvalue weighted by Crippen LogP contribution is -2.25. The third-order valence-corrected chi connectivity index (χ3v) is 2.96. The van der Waals surface area contributed by atoms with E-state index in [2.05, 4.69) is 6.92 Å². The summed E-state index contributed by atoms with van der Waals surface area (Å²) in [4.78, 5) is 0. The first-order valence-corrected chi connectivity index (χ1v) is 5.76. The van der Waals surface area contributed by atoms with Crippen molar-refractivity contribution in [2.24, 2.45) is 5.14 Å². The van der Waals surface area contributed by atoms with Crippen molar-refractivity contribution >= 4 is 10.0 Å². The fourth-order valence-corrected chi connectivity index (χ4v) is 1.09. The summed E-state index contributed by atoms with van der Waals surface area (Å²) in [6, 6.07) is 0. The smallest absolute Gasteiger partial charge is 0.211 e. The minimum absolute atomic E-state index is 0.467. The first-order valence-electron chi connectivity index (χ1n) is 4.15. The predicted octanol–water partition coefficient (Wildman–Crippen LogP) is 1.41. The van der Waals surface area contributed by atoms with Crippen LogP contribution in [0.1, 0.15) is 33.1 Å². The molecular formula is C8H17NO2S. The second-order valence-electron chi connectivity index (χ2n) is 2.90. The largest absolute Gasteiger partial charge is 0.228 e. The van der Waals surface area contributed by atoms with Crippen molar-refractivity contribution in [1.82, 2.24) is 0 Å². The molecule has 0 aromatic carbocycles. The number of sulfonamides is 1. The van der Waals surface area contributed by atoms with E-state index in [4.69, 9.17) is 5.14 Å². The molecule has 0 aliphatic heterocycles. The molecule has 0 radical (unpaired) electrons. The molecule has 0 bridgehead atoms. The van der Waals surface area contributed by atoms with Crippen molar-refractivity contribution in [3.8, 4) is 0 Å². The van der Waals surface area contributed by atoms with E-state index < -0.39 is 15.3 Å². The normalized spacial score (nSPS) is 15.2. The molecule has 0 fully saturated rings. The minimum atomic E-state index is -3.34. The SMILES string of the molecule is CCCC=CCC(C)S(N)(=O)=O. The Bertz CT molecular complexity index is 231. The summed E-state index contributed by atoms with van der Waals surface area (Å²) in [5.74, 6) is 0. The Morgan fingerprint density at radius 3 is 2.42 bits per heavy atom. The predicted molar refractivity (Wildman–Crippen MR) is 51.2 cm³/mol. The lowest BCUT2D eigenvalue weighted by atomic mass is 10.2. The number of unbranched alkanes of at least 4 members (excludes halogenated alkanes) is 1. The molecule has 1 atom stereocenters. The van der Waals surface area contributed by atoms with Gasteiger partial charge in [0.1, 0.15) is 0 Å². The van der Waals surface area contributed by atoms with Crippen molar-refractivity contribution < 1.29 is 8.42 Å². The van der Waals surface area contributed by atoms with E-state index in [1.807, 2.05) is 12.2 Å². The summed E-state index contributed by atoms with van der Waals surface area (Å²) in [5, 5.41) is 4.47. The monoisotopic (exact) mass is 191 g/mol. The van der Waals surface area contributed by atoms with Crippen LogP contribution in [0, 0.1) is 0 Å². The fraction of sp³-hybridized carbons (Fsp3) is 0.750. The van der Waals surface area contributed by atoms with Crippen LogP contribution in [0.4, 0.5) is 0 Å². The third kappa shape index (κ3) is 5.32. The quantitative estimate of drug-likeness (QED) is 0.668. The first-order chi connectivity index (χ1) is 5.48. The van der Waals surface area contributed by atoms with E-state index >= 15 is 0 Å². The Kier molecular flexibility index (Phi) is 5.17. The van der Waals surface area contributed by atoms with Gasteiger partial charge in [0.25, 0.3) is 0 Å². The topological polar surface area (TPSA) is 60.2 Å². The third-order valence-electron chi connectivity index (χ3n) is 1.65. The zero-order chi connectivity index (χ0) is 9.61. The van der Waals surface area contributed by atoms with Gasteiger partial charge in [0.15, 0.2) is 0 Å². The summed E-state index contributed by atoms with van der Waals surface area (Å²) < 4.78 is 21.5. The lowest BCUT2D eigenvalue weighted by molar-refractivity contribution is 0.585. The molecule has 12 heavy (non-hydrogen) atoms. The molecule has 0 rings (SSSR count). The molecule has 0 heterocycles. The van der Waals surface area contributed by atoms with E-state index in [9.17, 15) is 8.42 Å². The molecule has 3 nitrogen and oxygen atoms in total. The van der Waals surface area contributed by atoms with Crippen LogP contribution in [-0.2, 0) is 10.0 Å². The van der Waals surface area contributed by atoms with E-state index in [0.717, 1.165) is 12.8 Å².